The van der Waals surface area contributed by atoms with Crippen LogP contribution in [-0.4, -0.2) is 0 Å². The molecular formula is C15H24. The van der Waals surface area contributed by atoms with Gasteiger partial charge in [-0.25, -0.2) is 0 Å². The van der Waals surface area contributed by atoms with Gasteiger partial charge in [-0.05, 0) is 69.4 Å². The quantitative estimate of drug-likeness (QED) is 0.553. The molecule has 0 saturated carbocycles. The molecule has 0 atom stereocenters. The van der Waals surface area contributed by atoms with E-state index in [4.69, 9.17) is 0 Å². The standard InChI is InChI=1S/C15H24/c1-13-9-5-4-8-12-15(13)14-10-6-2-3-7-11-14/h10H,2-9,11-12H2,1H3. The molecule has 0 N–H and O–H groups in total. The van der Waals surface area contributed by atoms with Gasteiger partial charge in [0.1, 0.15) is 0 Å². The van der Waals surface area contributed by atoms with Crippen molar-refractivity contribution in [1.82, 2.24) is 0 Å². The van der Waals surface area contributed by atoms with Crippen molar-refractivity contribution in [3.63, 3.8) is 0 Å². The fourth-order valence-corrected chi connectivity index (χ4v) is 2.96. The fraction of sp³-hybridized carbons (Fsp3) is 0.733. The van der Waals surface area contributed by atoms with Crippen LogP contribution in [-0.2, 0) is 0 Å². The zero-order valence-corrected chi connectivity index (χ0v) is 10.1. The Labute approximate surface area is 94.5 Å². The first-order valence-corrected chi connectivity index (χ1v) is 6.76. The molecule has 0 aromatic heterocycles. The van der Waals surface area contributed by atoms with Crippen LogP contribution >= 0.6 is 0 Å². The molecule has 0 heteroatoms. The number of hydrogen-bond acceptors (Lipinski definition) is 0. The fourth-order valence-electron chi connectivity index (χ4n) is 2.96. The van der Waals surface area contributed by atoms with Crippen LogP contribution in [0.4, 0.5) is 0 Å². The summed E-state index contributed by atoms with van der Waals surface area (Å²) in [4.78, 5) is 0. The van der Waals surface area contributed by atoms with Crippen molar-refractivity contribution in [2.75, 3.05) is 0 Å². The first-order chi connectivity index (χ1) is 7.38. The summed E-state index contributed by atoms with van der Waals surface area (Å²) in [5.41, 5.74) is 5.15. The summed E-state index contributed by atoms with van der Waals surface area (Å²) in [6, 6.07) is 0. The van der Waals surface area contributed by atoms with E-state index in [-0.39, 0.29) is 0 Å². The minimum absolute atomic E-state index is 1.33. The third-order valence-corrected chi connectivity index (χ3v) is 3.92. The molecule has 0 saturated heterocycles. The molecular weight excluding hydrogens is 180 g/mol. The molecule has 0 aromatic rings. The molecule has 2 aliphatic rings. The number of allylic oxidation sites excluding steroid dienone is 4. The minimum Gasteiger partial charge on any atom is -0.0810 e. The van der Waals surface area contributed by atoms with Crippen LogP contribution < -0.4 is 0 Å². The van der Waals surface area contributed by atoms with Gasteiger partial charge >= 0.3 is 0 Å². The average molecular weight is 204 g/mol. The van der Waals surface area contributed by atoms with Crippen molar-refractivity contribution in [3.8, 4) is 0 Å². The van der Waals surface area contributed by atoms with Gasteiger partial charge in [0.25, 0.3) is 0 Å². The maximum atomic E-state index is 2.54. The Morgan fingerprint density at radius 2 is 1.53 bits per heavy atom. The van der Waals surface area contributed by atoms with Gasteiger partial charge in [-0.2, -0.15) is 0 Å². The van der Waals surface area contributed by atoms with Gasteiger partial charge < -0.3 is 0 Å². The van der Waals surface area contributed by atoms with Gasteiger partial charge in [0.05, 0.1) is 0 Å². The Morgan fingerprint density at radius 3 is 2.47 bits per heavy atom. The minimum atomic E-state index is 1.33. The monoisotopic (exact) mass is 204 g/mol. The highest BCUT2D eigenvalue weighted by molar-refractivity contribution is 5.35. The summed E-state index contributed by atoms with van der Waals surface area (Å²) in [6.07, 6.45) is 16.5. The molecule has 15 heavy (non-hydrogen) atoms. The van der Waals surface area contributed by atoms with E-state index in [9.17, 15) is 0 Å². The van der Waals surface area contributed by atoms with Gasteiger partial charge in [0, 0.05) is 0 Å². The van der Waals surface area contributed by atoms with E-state index in [1.807, 2.05) is 0 Å². The lowest BCUT2D eigenvalue weighted by Gasteiger charge is -2.12. The lowest BCUT2D eigenvalue weighted by Crippen LogP contribution is -1.93. The van der Waals surface area contributed by atoms with Crippen molar-refractivity contribution in [3.05, 3.63) is 22.8 Å². The maximum Gasteiger partial charge on any atom is -0.0277 e. The molecule has 2 rings (SSSR count). The molecule has 0 bridgehead atoms. The van der Waals surface area contributed by atoms with Crippen molar-refractivity contribution < 1.29 is 0 Å². The first kappa shape index (κ1) is 11.0. The molecule has 0 spiro atoms. The maximum absolute atomic E-state index is 2.54. The van der Waals surface area contributed by atoms with Gasteiger partial charge in [0.2, 0.25) is 0 Å². The van der Waals surface area contributed by atoms with Gasteiger partial charge in [-0.15, -0.1) is 0 Å². The Morgan fingerprint density at radius 1 is 0.800 bits per heavy atom. The molecule has 0 aromatic carbocycles. The molecule has 2 aliphatic carbocycles. The second-order valence-corrected chi connectivity index (χ2v) is 5.15. The Bertz CT molecular complexity index is 268. The van der Waals surface area contributed by atoms with E-state index in [1.54, 1.807) is 16.7 Å². The zero-order valence-electron chi connectivity index (χ0n) is 10.1. The molecule has 0 nitrogen and oxygen atoms in total. The van der Waals surface area contributed by atoms with Crippen LogP contribution in [0.1, 0.15) is 71.1 Å². The molecule has 84 valence electrons. The predicted octanol–water partition coefficient (Wildman–Crippen LogP) is 5.16. The van der Waals surface area contributed by atoms with E-state index in [1.165, 1.54) is 64.2 Å². The first-order valence-electron chi connectivity index (χ1n) is 6.76. The number of hydrogen-bond donors (Lipinski definition) is 0. The van der Waals surface area contributed by atoms with Crippen molar-refractivity contribution in [2.24, 2.45) is 0 Å². The second kappa shape index (κ2) is 5.53. The molecule has 0 unspecified atom stereocenters. The Kier molecular flexibility index (Phi) is 4.05. The highest BCUT2D eigenvalue weighted by Crippen LogP contribution is 2.32. The van der Waals surface area contributed by atoms with E-state index < -0.39 is 0 Å². The Balaban J connectivity index is 2.15. The topological polar surface area (TPSA) is 0 Å². The lowest BCUT2D eigenvalue weighted by molar-refractivity contribution is 0.698. The van der Waals surface area contributed by atoms with Crippen LogP contribution in [0, 0.1) is 0 Å². The third-order valence-electron chi connectivity index (χ3n) is 3.92. The summed E-state index contributed by atoms with van der Waals surface area (Å²) >= 11 is 0. The summed E-state index contributed by atoms with van der Waals surface area (Å²) < 4.78 is 0. The van der Waals surface area contributed by atoms with Crippen molar-refractivity contribution >= 4 is 0 Å². The summed E-state index contributed by atoms with van der Waals surface area (Å²) in [5, 5.41) is 0. The van der Waals surface area contributed by atoms with Crippen LogP contribution in [0.15, 0.2) is 22.8 Å². The van der Waals surface area contributed by atoms with Gasteiger partial charge in [-0.3, -0.25) is 0 Å². The van der Waals surface area contributed by atoms with Gasteiger partial charge in [0.15, 0.2) is 0 Å². The largest absolute Gasteiger partial charge is 0.0810 e. The number of rotatable bonds is 1. The summed E-state index contributed by atoms with van der Waals surface area (Å²) in [6.45, 7) is 2.37. The third kappa shape index (κ3) is 2.96. The normalized spacial score (nSPS) is 24.5. The van der Waals surface area contributed by atoms with Crippen LogP contribution in [0.25, 0.3) is 0 Å². The highest BCUT2D eigenvalue weighted by atomic mass is 14.2. The van der Waals surface area contributed by atoms with Crippen LogP contribution in [0.2, 0.25) is 0 Å². The highest BCUT2D eigenvalue weighted by Gasteiger charge is 2.13. The molecule has 0 aliphatic heterocycles. The molecule has 0 heterocycles. The predicted molar refractivity (Wildman–Crippen MR) is 67.0 cm³/mol. The second-order valence-electron chi connectivity index (χ2n) is 5.15. The summed E-state index contributed by atoms with van der Waals surface area (Å²) in [5.74, 6) is 0. The molecule has 0 amide bonds. The smallest absolute Gasteiger partial charge is 0.0277 e. The van der Waals surface area contributed by atoms with Gasteiger partial charge in [-0.1, -0.05) is 24.5 Å². The molecule has 0 fully saturated rings. The van der Waals surface area contributed by atoms with Crippen LogP contribution in [0.3, 0.4) is 0 Å². The van der Waals surface area contributed by atoms with E-state index in [2.05, 4.69) is 13.0 Å². The van der Waals surface area contributed by atoms with E-state index >= 15 is 0 Å². The van der Waals surface area contributed by atoms with E-state index in [0.717, 1.165) is 0 Å². The van der Waals surface area contributed by atoms with Crippen LogP contribution in [0.5, 0.6) is 0 Å². The zero-order chi connectivity index (χ0) is 10.5. The Hall–Kier alpha value is -0.520. The lowest BCUT2D eigenvalue weighted by atomic mass is 9.93. The molecule has 0 radical (unpaired) electrons. The van der Waals surface area contributed by atoms with E-state index in [0.29, 0.717) is 0 Å². The average Bonchev–Trinajstić information content (AvgIpc) is 2.59. The van der Waals surface area contributed by atoms with Crippen molar-refractivity contribution in [1.29, 1.82) is 0 Å². The summed E-state index contributed by atoms with van der Waals surface area (Å²) in [7, 11) is 0. The van der Waals surface area contributed by atoms with Crippen molar-refractivity contribution in [2.45, 2.75) is 71.1 Å². The SMILES string of the molecule is CC1=C(C2=CCCCCC2)CCCCC1.